The van der Waals surface area contributed by atoms with Gasteiger partial charge >= 0.3 is 0 Å². The molecule has 150 valence electrons. The third-order valence-electron chi connectivity index (χ3n) is 6.26. The van der Waals surface area contributed by atoms with Gasteiger partial charge in [-0.25, -0.2) is 0 Å². The van der Waals surface area contributed by atoms with E-state index in [0.717, 1.165) is 6.42 Å². The second kappa shape index (κ2) is 9.59. The Morgan fingerprint density at radius 1 is 0.533 bits per heavy atom. The van der Waals surface area contributed by atoms with Crippen LogP contribution in [0.15, 0.2) is 121 Å². The van der Waals surface area contributed by atoms with Crippen molar-refractivity contribution in [2.45, 2.75) is 37.5 Å². The number of hydrogen-bond donors (Lipinski definition) is 0. The molecule has 4 aromatic carbocycles. The van der Waals surface area contributed by atoms with Crippen LogP contribution >= 0.6 is 0 Å². The molecule has 0 aliphatic heterocycles. The van der Waals surface area contributed by atoms with Crippen LogP contribution in [0, 0.1) is 0 Å². The number of benzene rings is 4. The molecule has 0 amide bonds. The van der Waals surface area contributed by atoms with E-state index in [2.05, 4.69) is 128 Å². The Kier molecular flexibility index (Phi) is 6.44. The molecule has 4 aromatic rings. The van der Waals surface area contributed by atoms with Crippen molar-refractivity contribution in [3.63, 3.8) is 0 Å². The number of hydrogen-bond acceptors (Lipinski definition) is 0. The molecule has 0 bridgehead atoms. The summed E-state index contributed by atoms with van der Waals surface area (Å²) in [4.78, 5) is 0. The van der Waals surface area contributed by atoms with Gasteiger partial charge in [-0.2, -0.15) is 0 Å². The first-order valence-electron chi connectivity index (χ1n) is 11.1. The first-order chi connectivity index (χ1) is 14.9. The van der Waals surface area contributed by atoms with Crippen molar-refractivity contribution in [2.24, 2.45) is 0 Å². The van der Waals surface area contributed by atoms with Crippen molar-refractivity contribution >= 4 is 0 Å². The highest BCUT2D eigenvalue weighted by Crippen LogP contribution is 2.51. The van der Waals surface area contributed by atoms with Crippen molar-refractivity contribution in [3.05, 3.63) is 144 Å². The SMILES string of the molecule is CCCCC(c1ccccc1)C(c1ccccc1)(c1ccccc1)c1ccccc1. The summed E-state index contributed by atoms with van der Waals surface area (Å²) < 4.78 is 0. The molecular weight excluding hydrogens is 360 g/mol. The molecule has 0 aliphatic carbocycles. The van der Waals surface area contributed by atoms with E-state index in [1.165, 1.54) is 35.1 Å². The van der Waals surface area contributed by atoms with Crippen molar-refractivity contribution < 1.29 is 0 Å². The zero-order valence-electron chi connectivity index (χ0n) is 17.7. The van der Waals surface area contributed by atoms with Crippen molar-refractivity contribution in [2.75, 3.05) is 0 Å². The fourth-order valence-corrected chi connectivity index (χ4v) is 4.93. The second-order valence-electron chi connectivity index (χ2n) is 8.01. The van der Waals surface area contributed by atoms with E-state index in [4.69, 9.17) is 0 Å². The van der Waals surface area contributed by atoms with E-state index in [9.17, 15) is 0 Å². The molecule has 0 heteroatoms. The number of rotatable bonds is 8. The largest absolute Gasteiger partial charge is 0.0654 e. The summed E-state index contributed by atoms with van der Waals surface area (Å²) in [5.41, 5.74) is 5.22. The quantitative estimate of drug-likeness (QED) is 0.267. The normalized spacial score (nSPS) is 12.4. The molecule has 0 N–H and O–H groups in total. The molecular formula is C30H30. The molecule has 0 aromatic heterocycles. The third kappa shape index (κ3) is 3.83. The molecule has 4 rings (SSSR count). The highest BCUT2D eigenvalue weighted by Gasteiger charge is 2.43. The molecule has 1 unspecified atom stereocenters. The van der Waals surface area contributed by atoms with Crippen LogP contribution in [0.1, 0.15) is 54.4 Å². The fourth-order valence-electron chi connectivity index (χ4n) is 4.93. The maximum Gasteiger partial charge on any atom is 0.0519 e. The molecule has 30 heavy (non-hydrogen) atoms. The minimum absolute atomic E-state index is 0.250. The van der Waals surface area contributed by atoms with Gasteiger partial charge in [0.25, 0.3) is 0 Å². The molecule has 0 saturated heterocycles. The van der Waals surface area contributed by atoms with Crippen molar-refractivity contribution in [1.82, 2.24) is 0 Å². The van der Waals surface area contributed by atoms with Gasteiger partial charge in [-0.3, -0.25) is 0 Å². The summed E-state index contributed by atoms with van der Waals surface area (Å²) in [6, 6.07) is 44.4. The zero-order valence-corrected chi connectivity index (χ0v) is 17.7. The molecule has 1 atom stereocenters. The minimum atomic E-state index is -0.250. The van der Waals surface area contributed by atoms with Gasteiger partial charge in [-0.15, -0.1) is 0 Å². The van der Waals surface area contributed by atoms with Gasteiger partial charge in [0, 0.05) is 5.92 Å². The van der Waals surface area contributed by atoms with Gasteiger partial charge in [0.05, 0.1) is 5.41 Å². The van der Waals surface area contributed by atoms with Gasteiger partial charge in [0.1, 0.15) is 0 Å². The van der Waals surface area contributed by atoms with E-state index < -0.39 is 0 Å². The van der Waals surface area contributed by atoms with Crippen LogP contribution in [0.25, 0.3) is 0 Å². The lowest BCUT2D eigenvalue weighted by molar-refractivity contribution is 0.437. The van der Waals surface area contributed by atoms with Crippen LogP contribution in [0.4, 0.5) is 0 Å². The summed E-state index contributed by atoms with van der Waals surface area (Å²) in [5, 5.41) is 0. The summed E-state index contributed by atoms with van der Waals surface area (Å²) >= 11 is 0. The topological polar surface area (TPSA) is 0 Å². The highest BCUT2D eigenvalue weighted by molar-refractivity contribution is 5.54. The van der Waals surface area contributed by atoms with Gasteiger partial charge in [0.2, 0.25) is 0 Å². The average Bonchev–Trinajstić information content (AvgIpc) is 2.84. The Morgan fingerprint density at radius 3 is 1.27 bits per heavy atom. The van der Waals surface area contributed by atoms with E-state index in [0.29, 0.717) is 5.92 Å². The van der Waals surface area contributed by atoms with E-state index in [1.54, 1.807) is 0 Å². The standard InChI is InChI=1S/C30H30/c1-2-3-24-29(25-16-8-4-9-17-25)30(26-18-10-5-11-19-26,27-20-12-6-13-21-27)28-22-14-7-15-23-28/h4-23,29H,2-3,24H2,1H3. The van der Waals surface area contributed by atoms with Gasteiger partial charge in [-0.05, 0) is 28.7 Å². The smallest absolute Gasteiger partial charge is 0.0519 e. The van der Waals surface area contributed by atoms with Crippen LogP contribution in [-0.4, -0.2) is 0 Å². The number of unbranched alkanes of at least 4 members (excludes halogenated alkanes) is 1. The Morgan fingerprint density at radius 2 is 0.900 bits per heavy atom. The Hall–Kier alpha value is -3.12. The van der Waals surface area contributed by atoms with Gasteiger partial charge < -0.3 is 0 Å². The van der Waals surface area contributed by atoms with Crippen LogP contribution in [-0.2, 0) is 5.41 Å². The molecule has 0 nitrogen and oxygen atoms in total. The van der Waals surface area contributed by atoms with Gasteiger partial charge in [0.15, 0.2) is 0 Å². The van der Waals surface area contributed by atoms with Crippen molar-refractivity contribution in [1.29, 1.82) is 0 Å². The molecule has 0 spiro atoms. The van der Waals surface area contributed by atoms with Gasteiger partial charge in [-0.1, -0.05) is 141 Å². The Balaban J connectivity index is 2.07. The Bertz CT molecular complexity index is 908. The second-order valence-corrected chi connectivity index (χ2v) is 8.01. The predicted octanol–water partition coefficient (Wildman–Crippen LogP) is 8.00. The van der Waals surface area contributed by atoms with Crippen LogP contribution in [0.3, 0.4) is 0 Å². The first-order valence-corrected chi connectivity index (χ1v) is 11.1. The lowest BCUT2D eigenvalue weighted by Crippen LogP contribution is -2.36. The van der Waals surface area contributed by atoms with Crippen LogP contribution in [0.5, 0.6) is 0 Å². The lowest BCUT2D eigenvalue weighted by Gasteiger charge is -2.43. The van der Waals surface area contributed by atoms with Crippen LogP contribution in [0.2, 0.25) is 0 Å². The van der Waals surface area contributed by atoms with E-state index in [-0.39, 0.29) is 5.41 Å². The average molecular weight is 391 g/mol. The summed E-state index contributed by atoms with van der Waals surface area (Å²) in [7, 11) is 0. The van der Waals surface area contributed by atoms with E-state index in [1.807, 2.05) is 0 Å². The Labute approximate surface area is 181 Å². The summed E-state index contributed by atoms with van der Waals surface area (Å²) in [5.74, 6) is 0.339. The first kappa shape index (κ1) is 20.2. The molecule has 0 saturated carbocycles. The molecule has 0 heterocycles. The molecule has 0 aliphatic rings. The van der Waals surface area contributed by atoms with Crippen molar-refractivity contribution in [3.8, 4) is 0 Å². The molecule has 0 radical (unpaired) electrons. The third-order valence-corrected chi connectivity index (χ3v) is 6.26. The van der Waals surface area contributed by atoms with E-state index >= 15 is 0 Å². The summed E-state index contributed by atoms with van der Waals surface area (Å²) in [6.07, 6.45) is 3.53. The zero-order chi connectivity index (χ0) is 20.7. The summed E-state index contributed by atoms with van der Waals surface area (Å²) in [6.45, 7) is 2.29. The molecule has 0 fully saturated rings. The maximum absolute atomic E-state index is 2.31. The monoisotopic (exact) mass is 390 g/mol. The fraction of sp³-hybridized carbons (Fsp3) is 0.200. The minimum Gasteiger partial charge on any atom is -0.0654 e. The van der Waals surface area contributed by atoms with Crippen LogP contribution < -0.4 is 0 Å². The maximum atomic E-state index is 2.31. The highest BCUT2D eigenvalue weighted by atomic mass is 14.5. The lowest BCUT2D eigenvalue weighted by atomic mass is 9.59. The predicted molar refractivity (Wildman–Crippen MR) is 128 cm³/mol.